The normalized spacial score (nSPS) is 20.1. The van der Waals surface area contributed by atoms with Crippen LogP contribution in [-0.2, 0) is 11.8 Å². The number of nitrogens with two attached hydrogens (primary N) is 1. The van der Waals surface area contributed by atoms with E-state index in [0.717, 1.165) is 39.0 Å². The van der Waals surface area contributed by atoms with Crippen LogP contribution in [0, 0.1) is 0 Å². The Hall–Kier alpha value is -1.40. The Bertz CT molecular complexity index is 472. The Labute approximate surface area is 126 Å². The van der Waals surface area contributed by atoms with Gasteiger partial charge in [0.1, 0.15) is 0 Å². The third-order valence-electron chi connectivity index (χ3n) is 4.31. The van der Waals surface area contributed by atoms with Crippen molar-refractivity contribution in [1.82, 2.24) is 19.6 Å². The number of amides is 1. The first-order valence-electron chi connectivity index (χ1n) is 7.76. The molecule has 1 aliphatic rings. The summed E-state index contributed by atoms with van der Waals surface area (Å²) in [5.41, 5.74) is 7.55. The summed E-state index contributed by atoms with van der Waals surface area (Å²) >= 11 is 0. The third-order valence-corrected chi connectivity index (χ3v) is 4.31. The number of rotatable bonds is 4. The molecule has 0 spiro atoms. The minimum Gasteiger partial charge on any atom is -0.342 e. The molecule has 6 heteroatoms. The summed E-state index contributed by atoms with van der Waals surface area (Å²) < 4.78 is 1.82. The fourth-order valence-corrected chi connectivity index (χ4v) is 3.08. The number of carbonyl (C=O) groups excluding carboxylic acids is 1. The molecular weight excluding hydrogens is 266 g/mol. The van der Waals surface area contributed by atoms with Gasteiger partial charge >= 0.3 is 0 Å². The first-order valence-corrected chi connectivity index (χ1v) is 7.76. The van der Waals surface area contributed by atoms with Crippen LogP contribution in [-0.4, -0.2) is 57.7 Å². The summed E-state index contributed by atoms with van der Waals surface area (Å²) in [5.74, 6) is 0.162. The van der Waals surface area contributed by atoms with Gasteiger partial charge in [-0.1, -0.05) is 6.92 Å². The van der Waals surface area contributed by atoms with Gasteiger partial charge in [0.15, 0.2) is 0 Å². The number of hydrogen-bond donors (Lipinski definition) is 1. The summed E-state index contributed by atoms with van der Waals surface area (Å²) in [6, 6.07) is 0.258. The van der Waals surface area contributed by atoms with Crippen LogP contribution < -0.4 is 5.73 Å². The lowest BCUT2D eigenvalue weighted by atomic mass is 9.99. The predicted octanol–water partition coefficient (Wildman–Crippen LogP) is 0.753. The zero-order valence-electron chi connectivity index (χ0n) is 13.3. The van der Waals surface area contributed by atoms with E-state index in [1.165, 1.54) is 5.56 Å². The number of carbonyl (C=O) groups is 1. The maximum absolute atomic E-state index is 11.6. The van der Waals surface area contributed by atoms with Crippen molar-refractivity contribution in [3.05, 3.63) is 18.0 Å². The molecule has 0 aliphatic carbocycles. The van der Waals surface area contributed by atoms with Gasteiger partial charge in [-0.05, 0) is 12.8 Å². The fourth-order valence-electron chi connectivity index (χ4n) is 3.08. The monoisotopic (exact) mass is 293 g/mol. The zero-order chi connectivity index (χ0) is 15.4. The van der Waals surface area contributed by atoms with Gasteiger partial charge in [-0.3, -0.25) is 14.4 Å². The molecule has 2 atom stereocenters. The van der Waals surface area contributed by atoms with Crippen molar-refractivity contribution in [1.29, 1.82) is 0 Å². The first-order chi connectivity index (χ1) is 10.0. The molecule has 0 radical (unpaired) electrons. The average molecular weight is 293 g/mol. The highest BCUT2D eigenvalue weighted by molar-refractivity contribution is 5.73. The molecule has 0 bridgehead atoms. The lowest BCUT2D eigenvalue weighted by molar-refractivity contribution is -0.128. The number of aromatic nitrogens is 2. The largest absolute Gasteiger partial charge is 0.342 e. The van der Waals surface area contributed by atoms with Gasteiger partial charge in [0.05, 0.1) is 12.2 Å². The lowest BCUT2D eigenvalue weighted by Gasteiger charge is -2.34. The molecule has 2 N–H and O–H groups in total. The number of hydrogen-bond acceptors (Lipinski definition) is 4. The van der Waals surface area contributed by atoms with Crippen molar-refractivity contribution in [3.8, 4) is 0 Å². The summed E-state index contributed by atoms with van der Waals surface area (Å²) in [7, 11) is 1.93. The van der Waals surface area contributed by atoms with Gasteiger partial charge in [-0.2, -0.15) is 5.10 Å². The fraction of sp³-hybridized carbons (Fsp3) is 0.733. The highest BCUT2D eigenvalue weighted by Gasteiger charge is 2.28. The van der Waals surface area contributed by atoms with E-state index in [4.69, 9.17) is 5.73 Å². The Morgan fingerprint density at radius 1 is 1.38 bits per heavy atom. The summed E-state index contributed by atoms with van der Waals surface area (Å²) in [6.45, 7) is 7.22. The molecule has 0 saturated carbocycles. The number of aryl methyl sites for hydroxylation is 1. The molecule has 2 rings (SSSR count). The molecule has 118 valence electrons. The Morgan fingerprint density at radius 2 is 2.14 bits per heavy atom. The molecule has 2 unspecified atom stereocenters. The molecule has 0 aromatic carbocycles. The lowest BCUT2D eigenvalue weighted by Crippen LogP contribution is -2.42. The standard InChI is InChI=1S/C15H27N5O/c1-4-14(16)15(13-10-17-18(3)11-13)20-7-5-6-19(8-9-20)12(2)21/h10-11,14-15H,4-9,16H2,1-3H3. The van der Waals surface area contributed by atoms with Crippen molar-refractivity contribution < 1.29 is 4.79 Å². The van der Waals surface area contributed by atoms with Crippen molar-refractivity contribution in [2.24, 2.45) is 12.8 Å². The van der Waals surface area contributed by atoms with E-state index < -0.39 is 0 Å². The van der Waals surface area contributed by atoms with Gasteiger partial charge in [0, 0.05) is 58.0 Å². The second-order valence-electron chi connectivity index (χ2n) is 5.86. The van der Waals surface area contributed by atoms with Crippen LogP contribution in [0.5, 0.6) is 0 Å². The zero-order valence-corrected chi connectivity index (χ0v) is 13.3. The van der Waals surface area contributed by atoms with Crippen molar-refractivity contribution in [3.63, 3.8) is 0 Å². The molecule has 1 fully saturated rings. The van der Waals surface area contributed by atoms with Crippen LogP contribution in [0.2, 0.25) is 0 Å². The van der Waals surface area contributed by atoms with Gasteiger partial charge in [0.2, 0.25) is 5.91 Å². The van der Waals surface area contributed by atoms with Gasteiger partial charge in [-0.15, -0.1) is 0 Å². The molecule has 1 aromatic heterocycles. The van der Waals surface area contributed by atoms with E-state index in [9.17, 15) is 4.79 Å². The van der Waals surface area contributed by atoms with Crippen LogP contribution in [0.25, 0.3) is 0 Å². The third kappa shape index (κ3) is 3.83. The van der Waals surface area contributed by atoms with Crippen molar-refractivity contribution >= 4 is 5.91 Å². The maximum atomic E-state index is 11.6. The second-order valence-corrected chi connectivity index (χ2v) is 5.86. The van der Waals surface area contributed by atoms with E-state index in [1.54, 1.807) is 6.92 Å². The van der Waals surface area contributed by atoms with Crippen LogP contribution in [0.15, 0.2) is 12.4 Å². The molecule has 1 aliphatic heterocycles. The Morgan fingerprint density at radius 3 is 2.71 bits per heavy atom. The smallest absolute Gasteiger partial charge is 0.219 e. The Kier molecular flexibility index (Phi) is 5.36. The van der Waals surface area contributed by atoms with Gasteiger partial charge in [0.25, 0.3) is 0 Å². The number of nitrogens with zero attached hydrogens (tertiary/aromatic N) is 4. The van der Waals surface area contributed by atoms with Gasteiger partial charge in [-0.25, -0.2) is 0 Å². The first kappa shape index (κ1) is 16.0. The van der Waals surface area contributed by atoms with E-state index in [0.29, 0.717) is 0 Å². The molecule has 1 aromatic rings. The van der Waals surface area contributed by atoms with Crippen LogP contribution in [0.3, 0.4) is 0 Å². The highest BCUT2D eigenvalue weighted by atomic mass is 16.2. The van der Waals surface area contributed by atoms with E-state index >= 15 is 0 Å². The average Bonchev–Trinajstić information content (AvgIpc) is 2.73. The predicted molar refractivity (Wildman–Crippen MR) is 82.7 cm³/mol. The van der Waals surface area contributed by atoms with Crippen LogP contribution in [0.1, 0.15) is 38.3 Å². The van der Waals surface area contributed by atoms with Crippen LogP contribution in [0.4, 0.5) is 0 Å². The van der Waals surface area contributed by atoms with Crippen molar-refractivity contribution in [2.75, 3.05) is 26.2 Å². The summed E-state index contributed by atoms with van der Waals surface area (Å²) in [5, 5.41) is 4.29. The molecule has 6 nitrogen and oxygen atoms in total. The maximum Gasteiger partial charge on any atom is 0.219 e. The van der Waals surface area contributed by atoms with Crippen molar-refractivity contribution in [2.45, 2.75) is 38.8 Å². The molecule has 2 heterocycles. The molecule has 1 saturated heterocycles. The SMILES string of the molecule is CCC(N)C(c1cnn(C)c1)N1CCCN(C(C)=O)CC1. The second kappa shape index (κ2) is 7.04. The van der Waals surface area contributed by atoms with E-state index in [1.807, 2.05) is 29.0 Å². The quantitative estimate of drug-likeness (QED) is 0.889. The van der Waals surface area contributed by atoms with Gasteiger partial charge < -0.3 is 10.6 Å². The summed E-state index contributed by atoms with van der Waals surface area (Å²) in [6.07, 6.45) is 5.88. The van der Waals surface area contributed by atoms with E-state index in [2.05, 4.69) is 16.9 Å². The molecule has 1 amide bonds. The van der Waals surface area contributed by atoms with E-state index in [-0.39, 0.29) is 18.0 Å². The summed E-state index contributed by atoms with van der Waals surface area (Å²) in [4.78, 5) is 15.9. The highest BCUT2D eigenvalue weighted by Crippen LogP contribution is 2.26. The molecule has 21 heavy (non-hydrogen) atoms. The Balaban J connectivity index is 2.15. The van der Waals surface area contributed by atoms with Crippen LogP contribution >= 0.6 is 0 Å². The minimum absolute atomic E-state index is 0.0816. The molecular formula is C15H27N5O. The minimum atomic E-state index is 0.0816. The topological polar surface area (TPSA) is 67.4 Å².